The van der Waals surface area contributed by atoms with Crippen molar-refractivity contribution in [1.82, 2.24) is 4.57 Å². The average Bonchev–Trinajstić information content (AvgIpc) is 3.56. The van der Waals surface area contributed by atoms with E-state index in [4.69, 9.17) is 9.15 Å². The van der Waals surface area contributed by atoms with Gasteiger partial charge in [-0.2, -0.15) is 0 Å². The maximum Gasteiger partial charge on any atom is 0.341 e. The largest absolute Gasteiger partial charge is 0.463 e. The van der Waals surface area contributed by atoms with Crippen molar-refractivity contribution in [3.8, 4) is 11.1 Å². The Hall–Kier alpha value is -4.17. The summed E-state index contributed by atoms with van der Waals surface area (Å²) in [5, 5.41) is 5.13. The Kier molecular flexibility index (Phi) is 6.43. The summed E-state index contributed by atoms with van der Waals surface area (Å²) in [5.41, 5.74) is 5.23. The number of hydrogen-bond acceptors (Lipinski definition) is 5. The third kappa shape index (κ3) is 4.55. The molecular formula is C28H23FN2O4S. The van der Waals surface area contributed by atoms with Crippen LogP contribution < -0.4 is 5.32 Å². The molecular weight excluding hydrogens is 479 g/mol. The Morgan fingerprint density at radius 2 is 1.92 bits per heavy atom. The first-order valence-corrected chi connectivity index (χ1v) is 12.3. The summed E-state index contributed by atoms with van der Waals surface area (Å²) in [6, 6.07) is 17.4. The minimum atomic E-state index is -0.506. The molecule has 0 atom stereocenters. The number of amides is 1. The number of aryl methyl sites for hydroxylation is 1. The highest BCUT2D eigenvalue weighted by atomic mass is 32.1. The van der Waals surface area contributed by atoms with E-state index in [1.165, 1.54) is 23.5 Å². The molecule has 36 heavy (non-hydrogen) atoms. The summed E-state index contributed by atoms with van der Waals surface area (Å²) in [5.74, 6) is -1.27. The number of anilines is 1. The zero-order valence-corrected chi connectivity index (χ0v) is 20.5. The molecule has 0 saturated heterocycles. The number of carbonyl (C=O) groups excluding carboxylic acids is 2. The Morgan fingerprint density at radius 3 is 2.67 bits per heavy atom. The fourth-order valence-corrected chi connectivity index (χ4v) is 5.07. The van der Waals surface area contributed by atoms with Gasteiger partial charge in [0.1, 0.15) is 22.1 Å². The Labute approximate surface area is 210 Å². The molecule has 3 aromatic heterocycles. The first kappa shape index (κ1) is 23.6. The van der Waals surface area contributed by atoms with E-state index in [-0.39, 0.29) is 19.0 Å². The predicted octanol–water partition coefficient (Wildman–Crippen LogP) is 6.89. The maximum absolute atomic E-state index is 13.8. The lowest BCUT2D eigenvalue weighted by Crippen LogP contribution is -2.19. The van der Waals surface area contributed by atoms with Crippen molar-refractivity contribution in [2.45, 2.75) is 20.4 Å². The summed E-state index contributed by atoms with van der Waals surface area (Å²) in [4.78, 5) is 26.4. The third-order valence-electron chi connectivity index (χ3n) is 5.85. The van der Waals surface area contributed by atoms with Crippen LogP contribution in [0.4, 0.5) is 9.39 Å². The van der Waals surface area contributed by atoms with Gasteiger partial charge in [-0.1, -0.05) is 42.0 Å². The number of thiophene rings is 1. The summed E-state index contributed by atoms with van der Waals surface area (Å²) in [7, 11) is 0. The van der Waals surface area contributed by atoms with E-state index in [0.29, 0.717) is 38.5 Å². The van der Waals surface area contributed by atoms with Crippen LogP contribution in [0.5, 0.6) is 0 Å². The van der Waals surface area contributed by atoms with E-state index in [1.807, 2.05) is 36.6 Å². The standard InChI is InChI=1S/C28H23FN2O4S/c1-3-34-28(33)25-21(19-9-7-17(2)8-10-19)16-36-27(25)30-26(32)23-14-24-22(11-12-35-24)31(23)15-18-5-4-6-20(29)13-18/h4-14,16H,3,15H2,1-2H3,(H,30,32). The summed E-state index contributed by atoms with van der Waals surface area (Å²) >= 11 is 1.26. The van der Waals surface area contributed by atoms with Crippen LogP contribution in [0.1, 0.15) is 38.9 Å². The molecule has 6 nitrogen and oxygen atoms in total. The van der Waals surface area contributed by atoms with Gasteiger partial charge < -0.3 is 19.0 Å². The molecule has 0 fully saturated rings. The van der Waals surface area contributed by atoms with E-state index >= 15 is 0 Å². The third-order valence-corrected chi connectivity index (χ3v) is 6.74. The smallest absolute Gasteiger partial charge is 0.341 e. The number of halogens is 1. The van der Waals surface area contributed by atoms with Gasteiger partial charge in [0, 0.05) is 29.6 Å². The Balaban J connectivity index is 1.52. The molecule has 0 radical (unpaired) electrons. The van der Waals surface area contributed by atoms with Crippen LogP contribution in [0.3, 0.4) is 0 Å². The van der Waals surface area contributed by atoms with Gasteiger partial charge >= 0.3 is 5.97 Å². The molecule has 3 heterocycles. The lowest BCUT2D eigenvalue weighted by Gasteiger charge is -2.12. The second kappa shape index (κ2) is 9.83. The molecule has 0 spiro atoms. The quantitative estimate of drug-likeness (QED) is 0.246. The Morgan fingerprint density at radius 1 is 1.11 bits per heavy atom. The second-order valence-corrected chi connectivity index (χ2v) is 9.19. The number of ether oxygens (including phenoxy) is 1. The highest BCUT2D eigenvalue weighted by Crippen LogP contribution is 2.37. The number of hydrogen-bond donors (Lipinski definition) is 1. The summed E-state index contributed by atoms with van der Waals surface area (Å²) < 4.78 is 26.4. The maximum atomic E-state index is 13.8. The molecule has 182 valence electrons. The molecule has 1 N–H and O–H groups in total. The lowest BCUT2D eigenvalue weighted by molar-refractivity contribution is 0.0529. The lowest BCUT2D eigenvalue weighted by atomic mass is 10.0. The molecule has 0 saturated carbocycles. The van der Waals surface area contributed by atoms with Crippen LogP contribution in [0.15, 0.2) is 76.7 Å². The van der Waals surface area contributed by atoms with Crippen molar-refractivity contribution in [3.63, 3.8) is 0 Å². The van der Waals surface area contributed by atoms with Crippen molar-refractivity contribution in [1.29, 1.82) is 0 Å². The highest BCUT2D eigenvalue weighted by molar-refractivity contribution is 7.15. The number of aromatic nitrogens is 1. The zero-order chi connectivity index (χ0) is 25.2. The second-order valence-electron chi connectivity index (χ2n) is 8.31. The highest BCUT2D eigenvalue weighted by Gasteiger charge is 2.25. The van der Waals surface area contributed by atoms with Crippen LogP contribution >= 0.6 is 11.3 Å². The van der Waals surface area contributed by atoms with Gasteiger partial charge in [-0.3, -0.25) is 4.79 Å². The zero-order valence-electron chi connectivity index (χ0n) is 19.7. The number of esters is 1. The van der Waals surface area contributed by atoms with Crippen LogP contribution in [-0.2, 0) is 11.3 Å². The molecule has 0 aliphatic heterocycles. The van der Waals surface area contributed by atoms with E-state index in [9.17, 15) is 14.0 Å². The van der Waals surface area contributed by atoms with E-state index < -0.39 is 11.9 Å². The van der Waals surface area contributed by atoms with Gasteiger partial charge in [-0.15, -0.1) is 11.3 Å². The predicted molar refractivity (Wildman–Crippen MR) is 138 cm³/mol. The Bertz CT molecular complexity index is 1560. The normalized spacial score (nSPS) is 11.1. The number of rotatable bonds is 7. The SMILES string of the molecule is CCOC(=O)c1c(-c2ccc(C)cc2)csc1NC(=O)c1cc2occc2n1Cc1cccc(F)c1. The van der Waals surface area contributed by atoms with Crippen molar-refractivity contribution < 1.29 is 23.1 Å². The number of carbonyl (C=O) groups is 2. The average molecular weight is 503 g/mol. The van der Waals surface area contributed by atoms with Gasteiger partial charge in [0.15, 0.2) is 5.58 Å². The minimum Gasteiger partial charge on any atom is -0.463 e. The topological polar surface area (TPSA) is 73.5 Å². The first-order valence-electron chi connectivity index (χ1n) is 11.4. The van der Waals surface area contributed by atoms with Crippen molar-refractivity contribution in [2.24, 2.45) is 0 Å². The first-order chi connectivity index (χ1) is 17.4. The minimum absolute atomic E-state index is 0.211. The van der Waals surface area contributed by atoms with Gasteiger partial charge in [0.25, 0.3) is 5.91 Å². The van der Waals surface area contributed by atoms with E-state index in [0.717, 1.165) is 11.1 Å². The number of furan rings is 1. The number of nitrogens with one attached hydrogen (secondary N) is 1. The molecule has 5 rings (SSSR count). The summed E-state index contributed by atoms with van der Waals surface area (Å²) in [6.45, 7) is 4.21. The van der Waals surface area contributed by atoms with Gasteiger partial charge in [-0.05, 0) is 37.1 Å². The van der Waals surface area contributed by atoms with Crippen molar-refractivity contribution >= 4 is 39.3 Å². The van der Waals surface area contributed by atoms with Gasteiger partial charge in [0.05, 0.1) is 18.4 Å². The molecule has 0 aliphatic rings. The van der Waals surface area contributed by atoms with Crippen molar-refractivity contribution in [3.05, 3.63) is 101 Å². The number of nitrogens with zero attached hydrogens (tertiary/aromatic N) is 1. The number of benzene rings is 2. The molecule has 8 heteroatoms. The number of fused-ring (bicyclic) bond motifs is 1. The van der Waals surface area contributed by atoms with E-state index in [2.05, 4.69) is 5.32 Å². The fraction of sp³-hybridized carbons (Fsp3) is 0.143. The molecule has 2 aromatic carbocycles. The van der Waals surface area contributed by atoms with Crippen LogP contribution in [-0.4, -0.2) is 23.1 Å². The van der Waals surface area contributed by atoms with Gasteiger partial charge in [-0.25, -0.2) is 9.18 Å². The molecule has 0 aliphatic carbocycles. The van der Waals surface area contributed by atoms with Gasteiger partial charge in [0.2, 0.25) is 0 Å². The molecule has 5 aromatic rings. The molecule has 0 bridgehead atoms. The van der Waals surface area contributed by atoms with Crippen molar-refractivity contribution in [2.75, 3.05) is 11.9 Å². The summed E-state index contributed by atoms with van der Waals surface area (Å²) in [6.07, 6.45) is 1.54. The molecule has 0 unspecified atom stereocenters. The molecule has 1 amide bonds. The fourth-order valence-electron chi connectivity index (χ4n) is 4.12. The van der Waals surface area contributed by atoms with Crippen LogP contribution in [0.25, 0.3) is 22.2 Å². The van der Waals surface area contributed by atoms with Crippen LogP contribution in [0.2, 0.25) is 0 Å². The monoisotopic (exact) mass is 502 g/mol. The van der Waals surface area contributed by atoms with Crippen LogP contribution in [0, 0.1) is 12.7 Å². The van der Waals surface area contributed by atoms with E-state index in [1.54, 1.807) is 42.0 Å².